The molecule has 1 aliphatic carbocycles. The SMILES string of the molecule is CN=C(NCCN1C(=O)CNC1=O)N1CC2CCCCC2C1.I. The number of halogens is 1. The molecule has 3 amide bonds. The van der Waals surface area contributed by atoms with Crippen LogP contribution in [0.15, 0.2) is 4.99 Å². The van der Waals surface area contributed by atoms with Crippen molar-refractivity contribution in [1.29, 1.82) is 0 Å². The fourth-order valence-electron chi connectivity index (χ4n) is 3.87. The fourth-order valence-corrected chi connectivity index (χ4v) is 3.87. The van der Waals surface area contributed by atoms with Gasteiger partial charge in [-0.3, -0.25) is 14.7 Å². The van der Waals surface area contributed by atoms with Crippen molar-refractivity contribution >= 4 is 41.9 Å². The number of carbonyl (C=O) groups excluding carboxylic acids is 2. The maximum absolute atomic E-state index is 11.5. The Morgan fingerprint density at radius 3 is 2.43 bits per heavy atom. The Balaban J connectivity index is 0.00000192. The van der Waals surface area contributed by atoms with E-state index in [2.05, 4.69) is 20.5 Å². The molecule has 0 radical (unpaired) electrons. The van der Waals surface area contributed by atoms with Gasteiger partial charge in [0.05, 0.1) is 6.54 Å². The average molecular weight is 435 g/mol. The topological polar surface area (TPSA) is 77.0 Å². The molecular formula is C15H26IN5O2. The summed E-state index contributed by atoms with van der Waals surface area (Å²) in [7, 11) is 1.79. The summed E-state index contributed by atoms with van der Waals surface area (Å²) in [6, 6.07) is -0.297. The maximum Gasteiger partial charge on any atom is 0.324 e. The van der Waals surface area contributed by atoms with Gasteiger partial charge < -0.3 is 15.5 Å². The number of rotatable bonds is 3. The van der Waals surface area contributed by atoms with Gasteiger partial charge in [0.15, 0.2) is 5.96 Å². The van der Waals surface area contributed by atoms with Gasteiger partial charge in [0.1, 0.15) is 0 Å². The van der Waals surface area contributed by atoms with E-state index >= 15 is 0 Å². The summed E-state index contributed by atoms with van der Waals surface area (Å²) in [5.74, 6) is 2.34. The van der Waals surface area contributed by atoms with Crippen molar-refractivity contribution < 1.29 is 9.59 Å². The number of carbonyl (C=O) groups is 2. The molecule has 0 aromatic carbocycles. The van der Waals surface area contributed by atoms with Crippen LogP contribution < -0.4 is 10.6 Å². The number of aliphatic imine (C=N–C) groups is 1. The van der Waals surface area contributed by atoms with E-state index in [0.717, 1.165) is 30.9 Å². The summed E-state index contributed by atoms with van der Waals surface area (Å²) in [5, 5.41) is 5.82. The van der Waals surface area contributed by atoms with Crippen LogP contribution in [0.5, 0.6) is 0 Å². The number of nitrogens with zero attached hydrogens (tertiary/aromatic N) is 3. The molecule has 0 bridgehead atoms. The number of nitrogens with one attached hydrogen (secondary N) is 2. The normalized spacial score (nSPS) is 27.6. The highest BCUT2D eigenvalue weighted by atomic mass is 127. The lowest BCUT2D eigenvalue weighted by molar-refractivity contribution is -0.124. The van der Waals surface area contributed by atoms with Gasteiger partial charge in [0, 0.05) is 33.2 Å². The van der Waals surface area contributed by atoms with Gasteiger partial charge >= 0.3 is 6.03 Å². The first-order valence-electron chi connectivity index (χ1n) is 8.23. The Bertz CT molecular complexity index is 454. The second-order valence-corrected chi connectivity index (χ2v) is 6.39. The van der Waals surface area contributed by atoms with E-state index < -0.39 is 0 Å². The molecule has 2 saturated heterocycles. The zero-order valence-electron chi connectivity index (χ0n) is 13.6. The highest BCUT2D eigenvalue weighted by Crippen LogP contribution is 2.35. The van der Waals surface area contributed by atoms with Crippen LogP contribution in [0.1, 0.15) is 25.7 Å². The summed E-state index contributed by atoms with van der Waals surface area (Å²) < 4.78 is 0. The Labute approximate surface area is 154 Å². The summed E-state index contributed by atoms with van der Waals surface area (Å²) in [5.41, 5.74) is 0. The lowest BCUT2D eigenvalue weighted by Crippen LogP contribution is -2.44. The van der Waals surface area contributed by atoms with E-state index in [9.17, 15) is 9.59 Å². The molecule has 0 spiro atoms. The molecule has 2 N–H and O–H groups in total. The van der Waals surface area contributed by atoms with E-state index in [1.807, 2.05) is 0 Å². The zero-order chi connectivity index (χ0) is 15.5. The Morgan fingerprint density at radius 1 is 1.26 bits per heavy atom. The number of amides is 3. The summed E-state index contributed by atoms with van der Waals surface area (Å²) in [4.78, 5) is 31.0. The van der Waals surface area contributed by atoms with Crippen molar-refractivity contribution in [2.24, 2.45) is 16.8 Å². The number of fused-ring (bicyclic) bond motifs is 1. The molecule has 3 aliphatic rings. The predicted molar refractivity (Wildman–Crippen MR) is 98.9 cm³/mol. The number of imide groups is 1. The molecule has 0 aromatic rings. The Morgan fingerprint density at radius 2 is 1.91 bits per heavy atom. The largest absolute Gasteiger partial charge is 0.354 e. The van der Waals surface area contributed by atoms with E-state index in [4.69, 9.17) is 0 Å². The van der Waals surface area contributed by atoms with E-state index in [0.29, 0.717) is 13.1 Å². The van der Waals surface area contributed by atoms with Crippen LogP contribution in [-0.2, 0) is 4.79 Å². The Kier molecular flexibility index (Phi) is 6.49. The third-order valence-electron chi connectivity index (χ3n) is 5.04. The van der Waals surface area contributed by atoms with Crippen LogP contribution in [0.2, 0.25) is 0 Å². The van der Waals surface area contributed by atoms with Gasteiger partial charge in [-0.1, -0.05) is 12.8 Å². The maximum atomic E-state index is 11.5. The summed E-state index contributed by atoms with van der Waals surface area (Å²) in [6.45, 7) is 3.19. The molecule has 130 valence electrons. The van der Waals surface area contributed by atoms with Gasteiger partial charge in [-0.15, -0.1) is 24.0 Å². The first-order chi connectivity index (χ1) is 10.7. The number of hydrogen-bond acceptors (Lipinski definition) is 3. The molecule has 1 saturated carbocycles. The first kappa shape index (κ1) is 18.3. The average Bonchev–Trinajstić information content (AvgIpc) is 3.08. The lowest BCUT2D eigenvalue weighted by atomic mass is 9.82. The predicted octanol–water partition coefficient (Wildman–Crippen LogP) is 0.854. The molecule has 7 nitrogen and oxygen atoms in total. The minimum Gasteiger partial charge on any atom is -0.354 e. The third-order valence-corrected chi connectivity index (χ3v) is 5.04. The van der Waals surface area contributed by atoms with Crippen LogP contribution in [-0.4, -0.2) is 67.5 Å². The van der Waals surface area contributed by atoms with Crippen LogP contribution in [0, 0.1) is 11.8 Å². The van der Waals surface area contributed by atoms with Crippen LogP contribution in [0.4, 0.5) is 4.79 Å². The Hall–Kier alpha value is -1.06. The molecule has 3 fully saturated rings. The number of likely N-dealkylation sites (tertiary alicyclic amines) is 1. The second kappa shape index (κ2) is 8.16. The minimum absolute atomic E-state index is 0. The number of hydrogen-bond donors (Lipinski definition) is 2. The van der Waals surface area contributed by atoms with Gasteiger partial charge in [-0.05, 0) is 24.7 Å². The van der Waals surface area contributed by atoms with Gasteiger partial charge in [0.25, 0.3) is 0 Å². The van der Waals surface area contributed by atoms with Crippen LogP contribution in [0.3, 0.4) is 0 Å². The van der Waals surface area contributed by atoms with E-state index in [1.165, 1.54) is 30.6 Å². The molecule has 8 heteroatoms. The third kappa shape index (κ3) is 4.07. The second-order valence-electron chi connectivity index (χ2n) is 6.39. The monoisotopic (exact) mass is 435 g/mol. The lowest BCUT2D eigenvalue weighted by Gasteiger charge is -2.22. The fraction of sp³-hybridized carbons (Fsp3) is 0.800. The quantitative estimate of drug-likeness (QED) is 0.298. The zero-order valence-corrected chi connectivity index (χ0v) is 15.9. The van der Waals surface area contributed by atoms with Crippen molar-refractivity contribution in [3.63, 3.8) is 0 Å². The number of urea groups is 1. The van der Waals surface area contributed by atoms with E-state index in [-0.39, 0.29) is 42.5 Å². The van der Waals surface area contributed by atoms with Crippen molar-refractivity contribution in [3.05, 3.63) is 0 Å². The molecule has 0 aromatic heterocycles. The first-order valence-corrected chi connectivity index (χ1v) is 8.23. The van der Waals surface area contributed by atoms with Crippen molar-refractivity contribution in [3.8, 4) is 0 Å². The van der Waals surface area contributed by atoms with Gasteiger partial charge in [-0.25, -0.2) is 4.79 Å². The highest BCUT2D eigenvalue weighted by Gasteiger charge is 2.35. The van der Waals surface area contributed by atoms with Gasteiger partial charge in [-0.2, -0.15) is 0 Å². The van der Waals surface area contributed by atoms with Gasteiger partial charge in [0.2, 0.25) is 5.91 Å². The van der Waals surface area contributed by atoms with Crippen molar-refractivity contribution in [2.75, 3.05) is 39.8 Å². The van der Waals surface area contributed by atoms with Crippen LogP contribution >= 0.6 is 24.0 Å². The van der Waals surface area contributed by atoms with Crippen molar-refractivity contribution in [1.82, 2.24) is 20.4 Å². The molecule has 2 heterocycles. The minimum atomic E-state index is -0.297. The molecular weight excluding hydrogens is 409 g/mol. The molecule has 3 rings (SSSR count). The summed E-state index contributed by atoms with van der Waals surface area (Å²) in [6.07, 6.45) is 5.38. The van der Waals surface area contributed by atoms with Crippen LogP contribution in [0.25, 0.3) is 0 Å². The molecule has 23 heavy (non-hydrogen) atoms. The molecule has 2 unspecified atom stereocenters. The molecule has 2 atom stereocenters. The smallest absolute Gasteiger partial charge is 0.324 e. The van der Waals surface area contributed by atoms with E-state index in [1.54, 1.807) is 7.05 Å². The molecule has 2 aliphatic heterocycles. The summed E-state index contributed by atoms with van der Waals surface area (Å²) >= 11 is 0. The highest BCUT2D eigenvalue weighted by molar-refractivity contribution is 14.0. The number of guanidine groups is 1. The standard InChI is InChI=1S/C15H25N5O2.HI/c1-16-14(17-6-7-20-13(21)8-18-15(20)22)19-9-11-4-2-3-5-12(11)10-19;/h11-12H,2-10H2,1H3,(H,16,17)(H,18,22);1H. The van der Waals surface area contributed by atoms with Crippen molar-refractivity contribution in [2.45, 2.75) is 25.7 Å².